The molecule has 0 unspecified atom stereocenters. The van der Waals surface area contributed by atoms with Crippen molar-refractivity contribution in [3.05, 3.63) is 63.9 Å². The van der Waals surface area contributed by atoms with E-state index in [2.05, 4.69) is 25.5 Å². The fourth-order valence-corrected chi connectivity index (χ4v) is 2.93. The molecule has 0 radical (unpaired) electrons. The van der Waals surface area contributed by atoms with Gasteiger partial charge in [-0.1, -0.05) is 23.4 Å². The molecular formula is C18H18N6O2. The normalized spacial score (nSPS) is 11.2. The Morgan fingerprint density at radius 2 is 2.04 bits per heavy atom. The zero-order valence-electron chi connectivity index (χ0n) is 14.5. The summed E-state index contributed by atoms with van der Waals surface area (Å²) in [5.41, 5.74) is 3.08. The molecule has 2 N–H and O–H groups in total. The molecule has 0 saturated carbocycles. The maximum atomic E-state index is 12.3. The van der Waals surface area contributed by atoms with Gasteiger partial charge in [0.1, 0.15) is 11.1 Å². The number of hydrogen-bond acceptors (Lipinski definition) is 6. The molecule has 0 atom stereocenters. The lowest BCUT2D eigenvalue weighted by Gasteiger charge is -2.07. The number of aryl methyl sites for hydroxylation is 2. The largest absolute Gasteiger partial charge is 0.361 e. The minimum absolute atomic E-state index is 0.225. The second kappa shape index (κ2) is 6.47. The van der Waals surface area contributed by atoms with Crippen LogP contribution < -0.4 is 10.9 Å². The third-order valence-electron chi connectivity index (χ3n) is 4.29. The Labute approximate surface area is 148 Å². The molecule has 0 fully saturated rings. The third-order valence-corrected chi connectivity index (χ3v) is 4.29. The van der Waals surface area contributed by atoms with Crippen LogP contribution in [0.25, 0.3) is 16.7 Å². The Balaban J connectivity index is 1.61. The first-order chi connectivity index (χ1) is 12.6. The Bertz CT molecular complexity index is 1090. The number of benzene rings is 1. The van der Waals surface area contributed by atoms with Crippen LogP contribution in [0.15, 0.2) is 45.8 Å². The van der Waals surface area contributed by atoms with Gasteiger partial charge in [0.2, 0.25) is 5.95 Å². The van der Waals surface area contributed by atoms with Crippen LogP contribution in [0.5, 0.6) is 0 Å². The van der Waals surface area contributed by atoms with Crippen molar-refractivity contribution in [1.82, 2.24) is 24.9 Å². The van der Waals surface area contributed by atoms with Gasteiger partial charge in [-0.25, -0.2) is 4.68 Å². The van der Waals surface area contributed by atoms with E-state index in [9.17, 15) is 4.79 Å². The van der Waals surface area contributed by atoms with Gasteiger partial charge in [0.25, 0.3) is 5.56 Å². The zero-order chi connectivity index (χ0) is 18.1. The molecule has 132 valence electrons. The lowest BCUT2D eigenvalue weighted by atomic mass is 10.1. The van der Waals surface area contributed by atoms with Gasteiger partial charge in [-0.05, 0) is 32.4 Å². The number of nitrogens with zero attached hydrogens (tertiary/aromatic N) is 4. The van der Waals surface area contributed by atoms with Crippen molar-refractivity contribution in [2.75, 3.05) is 11.9 Å². The highest BCUT2D eigenvalue weighted by Gasteiger charge is 2.12. The van der Waals surface area contributed by atoms with E-state index < -0.39 is 0 Å². The first-order valence-electron chi connectivity index (χ1n) is 8.32. The van der Waals surface area contributed by atoms with Crippen molar-refractivity contribution in [3.8, 4) is 5.69 Å². The van der Waals surface area contributed by atoms with Gasteiger partial charge < -0.3 is 9.84 Å². The molecule has 0 aliphatic heterocycles. The number of aromatic nitrogens is 5. The predicted octanol–water partition coefficient (Wildman–Crippen LogP) is 2.37. The molecule has 0 aliphatic rings. The molecule has 0 aliphatic carbocycles. The number of anilines is 1. The van der Waals surface area contributed by atoms with Crippen LogP contribution in [0.1, 0.15) is 17.0 Å². The molecule has 0 bridgehead atoms. The minimum Gasteiger partial charge on any atom is -0.361 e. The van der Waals surface area contributed by atoms with Crippen LogP contribution in [0.3, 0.4) is 0 Å². The van der Waals surface area contributed by atoms with Crippen LogP contribution in [0, 0.1) is 13.8 Å². The van der Waals surface area contributed by atoms with Crippen molar-refractivity contribution in [2.24, 2.45) is 0 Å². The molecule has 26 heavy (non-hydrogen) atoms. The molecule has 8 heteroatoms. The topological polar surface area (TPSA) is 102 Å². The molecular weight excluding hydrogens is 332 g/mol. The van der Waals surface area contributed by atoms with Crippen LogP contribution in [0.2, 0.25) is 0 Å². The maximum Gasteiger partial charge on any atom is 0.263 e. The molecule has 4 aromatic rings. The van der Waals surface area contributed by atoms with Gasteiger partial charge in [-0.2, -0.15) is 10.1 Å². The maximum absolute atomic E-state index is 12.3. The summed E-state index contributed by atoms with van der Waals surface area (Å²) >= 11 is 0. The zero-order valence-corrected chi connectivity index (χ0v) is 14.5. The van der Waals surface area contributed by atoms with E-state index in [4.69, 9.17) is 4.52 Å². The van der Waals surface area contributed by atoms with Crippen LogP contribution >= 0.6 is 0 Å². The second-order valence-corrected chi connectivity index (χ2v) is 6.02. The first kappa shape index (κ1) is 16.1. The molecule has 3 heterocycles. The third kappa shape index (κ3) is 2.85. The predicted molar refractivity (Wildman–Crippen MR) is 97.7 cm³/mol. The van der Waals surface area contributed by atoms with Crippen LogP contribution in [-0.2, 0) is 6.42 Å². The number of fused-ring (bicyclic) bond motifs is 1. The standard InChI is InChI=1S/C18H18N6O2/c1-11-14(12(2)26-23-11)8-9-19-18-21-16-15(17(25)22-18)10-20-24(16)13-6-4-3-5-7-13/h3-7,10H,8-9H2,1-2H3,(H2,19,21,22,25). The van der Waals surface area contributed by atoms with Crippen molar-refractivity contribution >= 4 is 17.0 Å². The fraction of sp³-hybridized carbons (Fsp3) is 0.222. The summed E-state index contributed by atoms with van der Waals surface area (Å²) in [4.78, 5) is 19.6. The highest BCUT2D eigenvalue weighted by atomic mass is 16.5. The van der Waals surface area contributed by atoms with E-state index in [1.807, 2.05) is 44.2 Å². The Hall–Kier alpha value is -3.42. The quantitative estimate of drug-likeness (QED) is 0.573. The summed E-state index contributed by atoms with van der Waals surface area (Å²) in [5.74, 6) is 1.22. The number of rotatable bonds is 5. The molecule has 1 aromatic carbocycles. The smallest absolute Gasteiger partial charge is 0.263 e. The highest BCUT2D eigenvalue weighted by Crippen LogP contribution is 2.15. The summed E-state index contributed by atoms with van der Waals surface area (Å²) in [6.45, 7) is 4.40. The second-order valence-electron chi connectivity index (χ2n) is 6.02. The summed E-state index contributed by atoms with van der Waals surface area (Å²) in [5, 5.41) is 11.9. The number of hydrogen-bond donors (Lipinski definition) is 2. The van der Waals surface area contributed by atoms with Crippen LogP contribution in [0.4, 0.5) is 5.95 Å². The average Bonchev–Trinajstić information content (AvgIpc) is 3.21. The molecule has 8 nitrogen and oxygen atoms in total. The lowest BCUT2D eigenvalue weighted by molar-refractivity contribution is 0.392. The first-order valence-corrected chi connectivity index (χ1v) is 8.32. The summed E-state index contributed by atoms with van der Waals surface area (Å²) in [6, 6.07) is 9.59. The fourth-order valence-electron chi connectivity index (χ4n) is 2.93. The number of aromatic amines is 1. The van der Waals surface area contributed by atoms with Gasteiger partial charge in [0, 0.05) is 12.1 Å². The SMILES string of the molecule is Cc1noc(C)c1CCNc1nc2c(cnn2-c2ccccc2)c(=O)[nH]1. The molecule has 4 rings (SSSR count). The van der Waals surface area contributed by atoms with E-state index >= 15 is 0 Å². The number of H-pyrrole nitrogens is 1. The lowest BCUT2D eigenvalue weighted by Crippen LogP contribution is -2.15. The molecule has 0 spiro atoms. The van der Waals surface area contributed by atoms with E-state index in [0.29, 0.717) is 23.5 Å². The Morgan fingerprint density at radius 3 is 2.77 bits per heavy atom. The Morgan fingerprint density at radius 1 is 1.23 bits per heavy atom. The van der Waals surface area contributed by atoms with Crippen molar-refractivity contribution in [3.63, 3.8) is 0 Å². The number of para-hydroxylation sites is 1. The monoisotopic (exact) mass is 350 g/mol. The highest BCUT2D eigenvalue weighted by molar-refractivity contribution is 5.76. The minimum atomic E-state index is -0.225. The average molecular weight is 350 g/mol. The molecule has 3 aromatic heterocycles. The van der Waals surface area contributed by atoms with E-state index in [-0.39, 0.29) is 5.56 Å². The van der Waals surface area contributed by atoms with Crippen molar-refractivity contribution in [1.29, 1.82) is 0 Å². The number of nitrogens with one attached hydrogen (secondary N) is 2. The summed E-state index contributed by atoms with van der Waals surface area (Å²) in [7, 11) is 0. The summed E-state index contributed by atoms with van der Waals surface area (Å²) in [6.07, 6.45) is 2.25. The van der Waals surface area contributed by atoms with E-state index in [0.717, 1.165) is 29.1 Å². The van der Waals surface area contributed by atoms with Gasteiger partial charge in [0.05, 0.1) is 17.6 Å². The van der Waals surface area contributed by atoms with Crippen molar-refractivity contribution < 1.29 is 4.52 Å². The summed E-state index contributed by atoms with van der Waals surface area (Å²) < 4.78 is 6.82. The van der Waals surface area contributed by atoms with Gasteiger partial charge in [-0.15, -0.1) is 0 Å². The Kier molecular flexibility index (Phi) is 4.00. The van der Waals surface area contributed by atoms with E-state index in [1.165, 1.54) is 6.20 Å². The molecule has 0 amide bonds. The van der Waals surface area contributed by atoms with Gasteiger partial charge in [0.15, 0.2) is 5.65 Å². The van der Waals surface area contributed by atoms with Gasteiger partial charge >= 0.3 is 0 Å². The van der Waals surface area contributed by atoms with Crippen LogP contribution in [-0.4, -0.2) is 31.4 Å². The van der Waals surface area contributed by atoms with E-state index in [1.54, 1.807) is 4.68 Å². The van der Waals surface area contributed by atoms with Crippen molar-refractivity contribution in [2.45, 2.75) is 20.3 Å². The van der Waals surface area contributed by atoms with Gasteiger partial charge in [-0.3, -0.25) is 9.78 Å². The molecule has 0 saturated heterocycles.